The Bertz CT molecular complexity index is 708. The summed E-state index contributed by atoms with van der Waals surface area (Å²) < 4.78 is 1.65. The highest BCUT2D eigenvalue weighted by atomic mass is 15.5. The molecule has 1 N–H and O–H groups in total. The van der Waals surface area contributed by atoms with Crippen molar-refractivity contribution in [1.29, 1.82) is 0 Å². The van der Waals surface area contributed by atoms with Crippen molar-refractivity contribution in [3.63, 3.8) is 0 Å². The van der Waals surface area contributed by atoms with Crippen molar-refractivity contribution < 1.29 is 0 Å². The molecule has 21 heavy (non-hydrogen) atoms. The molecule has 106 valence electrons. The van der Waals surface area contributed by atoms with Gasteiger partial charge in [-0.3, -0.25) is 4.98 Å². The molecule has 0 aliphatic carbocycles. The molecule has 0 spiro atoms. The predicted octanol–water partition coefficient (Wildman–Crippen LogP) is 2.54. The molecule has 3 rings (SSSR count). The van der Waals surface area contributed by atoms with Gasteiger partial charge in [-0.1, -0.05) is 6.07 Å². The summed E-state index contributed by atoms with van der Waals surface area (Å²) in [5, 5.41) is 14.7. The molecule has 1 unspecified atom stereocenters. The zero-order valence-corrected chi connectivity index (χ0v) is 11.9. The molecule has 6 heteroatoms. The number of hydrogen-bond donors (Lipinski definition) is 1. The lowest BCUT2D eigenvalue weighted by Gasteiger charge is -2.16. The van der Waals surface area contributed by atoms with E-state index in [1.54, 1.807) is 17.2 Å². The van der Waals surface area contributed by atoms with Gasteiger partial charge in [-0.15, -0.1) is 5.10 Å². The molecule has 1 atom stereocenters. The van der Waals surface area contributed by atoms with E-state index in [1.165, 1.54) is 0 Å². The first-order valence-corrected chi connectivity index (χ1v) is 6.75. The number of aryl methyl sites for hydroxylation is 1. The second-order valence-corrected chi connectivity index (χ2v) is 4.88. The van der Waals surface area contributed by atoms with Gasteiger partial charge in [-0.2, -0.15) is 0 Å². The Morgan fingerprint density at radius 2 is 2.10 bits per heavy atom. The third-order valence-electron chi connectivity index (χ3n) is 3.31. The minimum absolute atomic E-state index is 0.143. The highest BCUT2D eigenvalue weighted by Gasteiger charge is 2.08. The summed E-state index contributed by atoms with van der Waals surface area (Å²) in [6.45, 7) is 4.13. The molecule has 2 heterocycles. The molecular weight excluding hydrogens is 264 g/mol. The van der Waals surface area contributed by atoms with E-state index in [-0.39, 0.29) is 6.04 Å². The number of pyridine rings is 1. The molecule has 0 aliphatic heterocycles. The maximum Gasteiger partial charge on any atom is 0.143 e. The van der Waals surface area contributed by atoms with Gasteiger partial charge in [0.2, 0.25) is 0 Å². The SMILES string of the molecule is Cc1cc(NC(C)c2ccccn2)ccc1-n1cnnn1. The Labute approximate surface area is 122 Å². The predicted molar refractivity (Wildman–Crippen MR) is 80.2 cm³/mol. The van der Waals surface area contributed by atoms with Crippen LogP contribution in [0.4, 0.5) is 5.69 Å². The van der Waals surface area contributed by atoms with E-state index < -0.39 is 0 Å². The number of benzene rings is 1. The van der Waals surface area contributed by atoms with Gasteiger partial charge in [-0.25, -0.2) is 4.68 Å². The first kappa shape index (κ1) is 13.2. The highest BCUT2D eigenvalue weighted by Crippen LogP contribution is 2.21. The Morgan fingerprint density at radius 1 is 1.19 bits per heavy atom. The van der Waals surface area contributed by atoms with Crippen LogP contribution in [0.15, 0.2) is 48.9 Å². The van der Waals surface area contributed by atoms with E-state index in [0.717, 1.165) is 22.6 Å². The standard InChI is InChI=1S/C15H16N6/c1-11-9-13(6-7-15(11)21-10-17-19-20-21)18-12(2)14-5-3-4-8-16-14/h3-10,12,18H,1-2H3. The molecule has 0 bridgehead atoms. The van der Waals surface area contributed by atoms with E-state index in [1.807, 2.05) is 37.3 Å². The number of anilines is 1. The second kappa shape index (κ2) is 5.70. The lowest BCUT2D eigenvalue weighted by atomic mass is 10.1. The fraction of sp³-hybridized carbons (Fsp3) is 0.200. The summed E-state index contributed by atoms with van der Waals surface area (Å²) in [4.78, 5) is 4.36. The summed E-state index contributed by atoms with van der Waals surface area (Å²) >= 11 is 0. The molecule has 3 aromatic rings. The van der Waals surface area contributed by atoms with Gasteiger partial charge in [0, 0.05) is 11.9 Å². The van der Waals surface area contributed by atoms with Gasteiger partial charge in [-0.05, 0) is 60.2 Å². The van der Waals surface area contributed by atoms with Crippen LogP contribution in [-0.2, 0) is 0 Å². The van der Waals surface area contributed by atoms with Crippen LogP contribution >= 0.6 is 0 Å². The van der Waals surface area contributed by atoms with Gasteiger partial charge >= 0.3 is 0 Å². The van der Waals surface area contributed by atoms with Crippen LogP contribution in [0, 0.1) is 6.92 Å². The molecule has 2 aromatic heterocycles. The molecular formula is C15H16N6. The zero-order valence-electron chi connectivity index (χ0n) is 11.9. The third-order valence-corrected chi connectivity index (χ3v) is 3.31. The Balaban J connectivity index is 1.80. The van der Waals surface area contributed by atoms with Crippen molar-refractivity contribution in [2.45, 2.75) is 19.9 Å². The molecule has 0 saturated heterocycles. The number of nitrogens with one attached hydrogen (secondary N) is 1. The zero-order chi connectivity index (χ0) is 14.7. The molecule has 0 fully saturated rings. The number of aromatic nitrogens is 5. The maximum absolute atomic E-state index is 4.36. The molecule has 0 saturated carbocycles. The van der Waals surface area contributed by atoms with Crippen molar-refractivity contribution in [3.8, 4) is 5.69 Å². The average molecular weight is 280 g/mol. The van der Waals surface area contributed by atoms with E-state index in [9.17, 15) is 0 Å². The fourth-order valence-corrected chi connectivity index (χ4v) is 2.23. The van der Waals surface area contributed by atoms with Crippen molar-refractivity contribution in [1.82, 2.24) is 25.2 Å². The number of rotatable bonds is 4. The van der Waals surface area contributed by atoms with Crippen molar-refractivity contribution in [2.75, 3.05) is 5.32 Å². The van der Waals surface area contributed by atoms with Gasteiger partial charge in [0.25, 0.3) is 0 Å². The van der Waals surface area contributed by atoms with Gasteiger partial charge in [0.1, 0.15) is 6.33 Å². The largest absolute Gasteiger partial charge is 0.377 e. The average Bonchev–Trinajstić information content (AvgIpc) is 3.02. The van der Waals surface area contributed by atoms with Gasteiger partial charge in [0.05, 0.1) is 17.4 Å². The smallest absolute Gasteiger partial charge is 0.143 e. The highest BCUT2D eigenvalue weighted by molar-refractivity contribution is 5.54. The fourth-order valence-electron chi connectivity index (χ4n) is 2.23. The Hall–Kier alpha value is -2.76. The van der Waals surface area contributed by atoms with E-state index in [4.69, 9.17) is 0 Å². The van der Waals surface area contributed by atoms with Crippen LogP contribution in [0.25, 0.3) is 5.69 Å². The van der Waals surface area contributed by atoms with Gasteiger partial charge < -0.3 is 5.32 Å². The summed E-state index contributed by atoms with van der Waals surface area (Å²) in [6, 6.07) is 12.2. The normalized spacial score (nSPS) is 12.1. The van der Waals surface area contributed by atoms with E-state index in [2.05, 4.69) is 38.8 Å². The molecule has 1 aromatic carbocycles. The topological polar surface area (TPSA) is 68.5 Å². The van der Waals surface area contributed by atoms with Crippen LogP contribution in [0.3, 0.4) is 0 Å². The molecule has 0 amide bonds. The summed E-state index contributed by atoms with van der Waals surface area (Å²) in [5.41, 5.74) is 4.12. The lowest BCUT2D eigenvalue weighted by molar-refractivity contribution is 0.785. The summed E-state index contributed by atoms with van der Waals surface area (Å²) in [7, 11) is 0. The first-order valence-electron chi connectivity index (χ1n) is 6.75. The van der Waals surface area contributed by atoms with Crippen LogP contribution in [-0.4, -0.2) is 25.2 Å². The number of hydrogen-bond acceptors (Lipinski definition) is 5. The maximum atomic E-state index is 4.36. The van der Waals surface area contributed by atoms with Crippen LogP contribution < -0.4 is 5.32 Å². The quantitative estimate of drug-likeness (QED) is 0.795. The Morgan fingerprint density at radius 3 is 2.76 bits per heavy atom. The number of tetrazole rings is 1. The summed E-state index contributed by atoms with van der Waals surface area (Å²) in [6.07, 6.45) is 3.39. The molecule has 6 nitrogen and oxygen atoms in total. The molecule has 0 aliphatic rings. The van der Waals surface area contributed by atoms with Crippen LogP contribution in [0.5, 0.6) is 0 Å². The second-order valence-electron chi connectivity index (χ2n) is 4.88. The number of nitrogens with zero attached hydrogens (tertiary/aromatic N) is 5. The Kier molecular flexibility index (Phi) is 3.59. The summed E-state index contributed by atoms with van der Waals surface area (Å²) in [5.74, 6) is 0. The first-order chi connectivity index (χ1) is 10.2. The monoisotopic (exact) mass is 280 g/mol. The van der Waals surface area contributed by atoms with Gasteiger partial charge in [0.15, 0.2) is 0 Å². The third kappa shape index (κ3) is 2.89. The van der Waals surface area contributed by atoms with E-state index >= 15 is 0 Å². The van der Waals surface area contributed by atoms with Crippen molar-refractivity contribution >= 4 is 5.69 Å². The lowest BCUT2D eigenvalue weighted by Crippen LogP contribution is -2.08. The van der Waals surface area contributed by atoms with E-state index in [0.29, 0.717) is 0 Å². The van der Waals surface area contributed by atoms with Crippen molar-refractivity contribution in [2.24, 2.45) is 0 Å². The minimum atomic E-state index is 0.143. The minimum Gasteiger partial charge on any atom is -0.377 e. The van der Waals surface area contributed by atoms with Crippen LogP contribution in [0.1, 0.15) is 24.2 Å². The van der Waals surface area contributed by atoms with Crippen LogP contribution in [0.2, 0.25) is 0 Å². The van der Waals surface area contributed by atoms with Crippen molar-refractivity contribution in [3.05, 3.63) is 60.2 Å². The molecule has 0 radical (unpaired) electrons.